The zero-order valence-corrected chi connectivity index (χ0v) is 21.4. The molecule has 11 nitrogen and oxygen atoms in total. The van der Waals surface area contributed by atoms with Crippen LogP contribution in [0, 0.1) is 0 Å². The number of rotatable bonds is 5. The molecule has 0 saturated carbocycles. The molecule has 0 atom stereocenters. The third-order valence-corrected chi connectivity index (χ3v) is 4.20. The number of carbonyl (C=O) groups excluding carboxylic acids is 3. The number of benzene rings is 2. The molecule has 0 bridgehead atoms. The van der Waals surface area contributed by atoms with Gasteiger partial charge in [-0.1, -0.05) is 24.3 Å². The maximum atomic E-state index is 10.4. The van der Waals surface area contributed by atoms with Gasteiger partial charge in [-0.25, -0.2) is 0 Å². The first-order valence-corrected chi connectivity index (χ1v) is 9.70. The molecule has 0 fully saturated rings. The number of hydrogen-bond donors (Lipinski definition) is 1. The Hall–Kier alpha value is -3.97. The van der Waals surface area contributed by atoms with Gasteiger partial charge in [0, 0.05) is 57.5 Å². The summed E-state index contributed by atoms with van der Waals surface area (Å²) < 4.78 is 0. The summed E-state index contributed by atoms with van der Waals surface area (Å²) in [5.74, 6) is -2.70. The molecule has 1 amide bonds. The van der Waals surface area contributed by atoms with E-state index in [1.165, 1.54) is 36.7 Å². The first kappa shape index (κ1) is 36.6. The maximum absolute atomic E-state index is 10.4. The Morgan fingerprint density at radius 1 is 0.639 bits per heavy atom. The summed E-state index contributed by atoms with van der Waals surface area (Å²) in [5.41, 5.74) is 7.80. The van der Waals surface area contributed by atoms with Crippen molar-refractivity contribution in [3.63, 3.8) is 0 Å². The molecular formula is C24H32CoN4O7+2. The number of pyridine rings is 1. The van der Waals surface area contributed by atoms with E-state index < -0.39 is 17.8 Å². The molecule has 3 aromatic rings. The van der Waals surface area contributed by atoms with Gasteiger partial charge in [-0.15, -0.1) is 0 Å². The van der Waals surface area contributed by atoms with E-state index in [0.29, 0.717) is 5.56 Å². The fourth-order valence-corrected chi connectivity index (χ4v) is 2.31. The molecule has 0 aliphatic carbocycles. The number of amides is 1. The van der Waals surface area contributed by atoms with Crippen molar-refractivity contribution in [3.05, 3.63) is 89.7 Å². The van der Waals surface area contributed by atoms with Crippen molar-refractivity contribution in [1.29, 1.82) is 0 Å². The Bertz CT molecular complexity index is 985. The van der Waals surface area contributed by atoms with E-state index in [1.807, 2.05) is 38.0 Å². The molecule has 1 aromatic heterocycles. The summed E-state index contributed by atoms with van der Waals surface area (Å²) in [6, 6.07) is 16.2. The van der Waals surface area contributed by atoms with Crippen LogP contribution in [-0.4, -0.2) is 51.0 Å². The van der Waals surface area contributed by atoms with Gasteiger partial charge in [-0.3, -0.25) is 9.78 Å². The molecule has 0 aliphatic rings. The average Bonchev–Trinajstić information content (AvgIpc) is 2.80. The Morgan fingerprint density at radius 3 is 1.14 bits per heavy atom. The topological polar surface area (TPSA) is 209 Å². The summed E-state index contributed by atoms with van der Waals surface area (Å²) in [4.78, 5) is 38.6. The van der Waals surface area contributed by atoms with Crippen LogP contribution in [0.25, 0.3) is 0 Å². The van der Waals surface area contributed by atoms with E-state index in [0.717, 1.165) is 11.4 Å². The van der Waals surface area contributed by atoms with Gasteiger partial charge in [0.15, 0.2) is 0 Å². The van der Waals surface area contributed by atoms with Gasteiger partial charge in [0.25, 0.3) is 0 Å². The molecule has 2 aromatic carbocycles. The molecule has 197 valence electrons. The van der Waals surface area contributed by atoms with Gasteiger partial charge >= 0.3 is 16.8 Å². The van der Waals surface area contributed by atoms with Crippen LogP contribution in [0.1, 0.15) is 31.1 Å². The third kappa shape index (κ3) is 13.1. The molecule has 0 spiro atoms. The standard InChI is InChI=1S/2C9H11NO2.C6H6N2O.Co.2H2O/c2*1-10(2)8-5-3-7(4-6-8)9(11)12;7-6(9)5-1-3-8-4-2-5;;;/h2*3-6H,1-2H3,(H,11,12);1-4H,(H2,7,9);;2*1H2/q;;;+2;;. The van der Waals surface area contributed by atoms with Gasteiger partial charge in [0.1, 0.15) is 0 Å². The number of carbonyl (C=O) groups is 3. The molecule has 0 aliphatic heterocycles. The molecule has 8 N–H and O–H groups in total. The van der Waals surface area contributed by atoms with E-state index in [2.05, 4.69) is 4.98 Å². The van der Waals surface area contributed by atoms with Crippen molar-refractivity contribution in [1.82, 2.24) is 4.98 Å². The Kier molecular flexibility index (Phi) is 18.7. The van der Waals surface area contributed by atoms with Crippen LogP contribution >= 0.6 is 0 Å². The molecule has 36 heavy (non-hydrogen) atoms. The van der Waals surface area contributed by atoms with Crippen molar-refractivity contribution in [2.75, 3.05) is 38.0 Å². The molecule has 1 heterocycles. The number of nitrogens with zero attached hydrogens (tertiary/aromatic N) is 3. The minimum atomic E-state index is -1.14. The van der Waals surface area contributed by atoms with Gasteiger partial charge in [-0.2, -0.15) is 0 Å². The van der Waals surface area contributed by atoms with Crippen molar-refractivity contribution in [3.8, 4) is 0 Å². The zero-order chi connectivity index (χ0) is 25.0. The summed E-state index contributed by atoms with van der Waals surface area (Å²) >= 11 is 0. The number of carboxylic acids is 2. The SMILES string of the molecule is CN(C)c1ccc(C(=O)[O-])cc1.CN(C)c1ccc(C(=O)[O-])cc1.NC(=O)c1ccncc1.[Co+2].[OH3+].[OH3+]. The maximum Gasteiger partial charge on any atom is 2.00 e. The molecule has 12 heteroatoms. The minimum Gasteiger partial charge on any atom is -0.545 e. The zero-order valence-electron chi connectivity index (χ0n) is 20.4. The number of anilines is 2. The van der Waals surface area contributed by atoms with Crippen LogP contribution in [0.15, 0.2) is 73.1 Å². The fraction of sp³-hybridized carbons (Fsp3) is 0.167. The Morgan fingerprint density at radius 2 is 0.944 bits per heavy atom. The smallest absolute Gasteiger partial charge is 0.545 e. The largest absolute Gasteiger partial charge is 2.00 e. The molecule has 0 saturated heterocycles. The number of aromatic carboxylic acids is 2. The minimum absolute atomic E-state index is 0. The fourth-order valence-electron chi connectivity index (χ4n) is 2.31. The number of nitrogens with two attached hydrogens (primary N) is 1. The van der Waals surface area contributed by atoms with E-state index in [4.69, 9.17) is 5.73 Å². The van der Waals surface area contributed by atoms with Crippen molar-refractivity contribution in [2.45, 2.75) is 0 Å². The second-order valence-corrected chi connectivity index (χ2v) is 7.06. The van der Waals surface area contributed by atoms with Gasteiger partial charge in [-0.05, 0) is 47.5 Å². The molecular weight excluding hydrogens is 515 g/mol. The number of primary amides is 1. The second-order valence-electron chi connectivity index (χ2n) is 7.06. The normalized spacial score (nSPS) is 8.56. The average molecular weight is 547 g/mol. The van der Waals surface area contributed by atoms with E-state index in [1.54, 1.807) is 36.4 Å². The predicted molar refractivity (Wildman–Crippen MR) is 133 cm³/mol. The predicted octanol–water partition coefficient (Wildman–Crippen LogP) is -1.43. The monoisotopic (exact) mass is 547 g/mol. The molecule has 3 rings (SSSR count). The van der Waals surface area contributed by atoms with Crippen molar-refractivity contribution < 1.29 is 52.3 Å². The number of hydrogen-bond acceptors (Lipinski definition) is 8. The molecule has 1 radical (unpaired) electrons. The van der Waals surface area contributed by atoms with Crippen LogP contribution in [0.2, 0.25) is 0 Å². The van der Waals surface area contributed by atoms with E-state index in [-0.39, 0.29) is 38.9 Å². The van der Waals surface area contributed by atoms with Crippen LogP contribution in [0.5, 0.6) is 0 Å². The summed E-state index contributed by atoms with van der Waals surface area (Å²) in [5, 5.41) is 20.7. The quantitative estimate of drug-likeness (QED) is 0.373. The first-order valence-electron chi connectivity index (χ1n) is 9.70. The van der Waals surface area contributed by atoms with Crippen LogP contribution in [0.3, 0.4) is 0 Å². The van der Waals surface area contributed by atoms with Crippen LogP contribution in [0.4, 0.5) is 11.4 Å². The van der Waals surface area contributed by atoms with E-state index >= 15 is 0 Å². The first-order chi connectivity index (χ1) is 15.5. The summed E-state index contributed by atoms with van der Waals surface area (Å²) in [6.07, 6.45) is 3.06. The Balaban J connectivity index is -0.000000440. The van der Waals surface area contributed by atoms with Gasteiger partial charge in [0.2, 0.25) is 5.91 Å². The van der Waals surface area contributed by atoms with Crippen LogP contribution in [-0.2, 0) is 27.7 Å². The van der Waals surface area contributed by atoms with Crippen molar-refractivity contribution in [2.24, 2.45) is 5.73 Å². The van der Waals surface area contributed by atoms with Crippen LogP contribution < -0.4 is 25.7 Å². The third-order valence-electron chi connectivity index (χ3n) is 4.20. The molecule has 0 unspecified atom stereocenters. The summed E-state index contributed by atoms with van der Waals surface area (Å²) in [6.45, 7) is 0. The van der Waals surface area contributed by atoms with Gasteiger partial charge < -0.3 is 46.3 Å². The Labute approximate surface area is 220 Å². The van der Waals surface area contributed by atoms with Gasteiger partial charge in [0.05, 0.1) is 11.9 Å². The summed E-state index contributed by atoms with van der Waals surface area (Å²) in [7, 11) is 7.59. The number of aromatic nitrogens is 1. The van der Waals surface area contributed by atoms with Crippen molar-refractivity contribution >= 4 is 29.2 Å². The second kappa shape index (κ2) is 18.4. The number of carboxylic acid groups (broad SMARTS) is 2. The van der Waals surface area contributed by atoms with E-state index in [9.17, 15) is 24.6 Å².